The Morgan fingerprint density at radius 2 is 2.06 bits per heavy atom. The van der Waals surface area contributed by atoms with Gasteiger partial charge in [-0.1, -0.05) is 19.3 Å². The van der Waals surface area contributed by atoms with Crippen LogP contribution in [0.4, 0.5) is 5.82 Å². The predicted molar refractivity (Wildman–Crippen MR) is 68.5 cm³/mol. The molecule has 94 valence electrons. The lowest BCUT2D eigenvalue weighted by Crippen LogP contribution is -2.15. The van der Waals surface area contributed by atoms with Crippen molar-refractivity contribution in [3.63, 3.8) is 0 Å². The summed E-state index contributed by atoms with van der Waals surface area (Å²) in [5.41, 5.74) is 0.992. The molecule has 0 unspecified atom stereocenters. The molecule has 1 heterocycles. The molecule has 1 fully saturated rings. The Bertz CT molecular complexity index is 388. The Balaban J connectivity index is 1.96. The van der Waals surface area contributed by atoms with Crippen LogP contribution >= 0.6 is 0 Å². The van der Waals surface area contributed by atoms with Gasteiger partial charge in [-0.2, -0.15) is 4.98 Å². The van der Waals surface area contributed by atoms with Gasteiger partial charge in [0.15, 0.2) is 0 Å². The molecule has 4 nitrogen and oxygen atoms in total. The van der Waals surface area contributed by atoms with E-state index in [4.69, 9.17) is 4.74 Å². The Morgan fingerprint density at radius 3 is 2.65 bits per heavy atom. The van der Waals surface area contributed by atoms with Gasteiger partial charge in [-0.05, 0) is 26.2 Å². The maximum Gasteiger partial charge on any atom is 0.221 e. The summed E-state index contributed by atoms with van der Waals surface area (Å²) < 4.78 is 5.78. The average Bonchev–Trinajstić information content (AvgIpc) is 2.25. The Morgan fingerprint density at radius 1 is 1.29 bits per heavy atom. The molecule has 0 aromatic carbocycles. The quantitative estimate of drug-likeness (QED) is 0.852. The highest BCUT2D eigenvalue weighted by Crippen LogP contribution is 2.29. The topological polar surface area (TPSA) is 47.0 Å². The number of anilines is 1. The van der Waals surface area contributed by atoms with E-state index >= 15 is 0 Å². The normalized spacial score (nSPS) is 15.5. The van der Waals surface area contributed by atoms with Crippen LogP contribution in [0.1, 0.15) is 37.1 Å². The van der Waals surface area contributed by atoms with E-state index in [1.807, 2.05) is 20.9 Å². The predicted octanol–water partition coefficient (Wildman–Crippen LogP) is 2.70. The molecule has 0 radical (unpaired) electrons. The standard InChI is InChI=1S/C13H21N3O/c1-9-12(14-3)15-10(2)16-13(9)17-8-7-11-5-4-6-11/h11H,4-8H2,1-3H3,(H,14,15,16). The summed E-state index contributed by atoms with van der Waals surface area (Å²) in [4.78, 5) is 8.67. The zero-order valence-electron chi connectivity index (χ0n) is 10.9. The molecule has 1 aromatic heterocycles. The van der Waals surface area contributed by atoms with E-state index in [9.17, 15) is 0 Å². The molecular formula is C13H21N3O. The van der Waals surface area contributed by atoms with Crippen LogP contribution in [0, 0.1) is 19.8 Å². The summed E-state index contributed by atoms with van der Waals surface area (Å²) in [6, 6.07) is 0. The molecule has 0 bridgehead atoms. The number of aromatic nitrogens is 2. The third-order valence-corrected chi connectivity index (χ3v) is 3.44. The molecule has 1 aliphatic rings. The third kappa shape index (κ3) is 2.87. The Kier molecular flexibility index (Phi) is 3.82. The van der Waals surface area contributed by atoms with E-state index in [2.05, 4.69) is 15.3 Å². The summed E-state index contributed by atoms with van der Waals surface area (Å²) in [5, 5.41) is 3.07. The SMILES string of the molecule is CNc1nc(C)nc(OCCC2CCC2)c1C. The van der Waals surface area contributed by atoms with E-state index in [0.717, 1.165) is 42.0 Å². The van der Waals surface area contributed by atoms with Crippen molar-refractivity contribution in [2.75, 3.05) is 19.0 Å². The molecule has 0 amide bonds. The molecular weight excluding hydrogens is 214 g/mol. The zero-order chi connectivity index (χ0) is 12.3. The smallest absolute Gasteiger partial charge is 0.221 e. The number of nitrogens with zero attached hydrogens (tertiary/aromatic N) is 2. The first-order valence-corrected chi connectivity index (χ1v) is 6.36. The van der Waals surface area contributed by atoms with Gasteiger partial charge in [0.2, 0.25) is 5.88 Å². The van der Waals surface area contributed by atoms with Crippen molar-refractivity contribution in [3.05, 3.63) is 11.4 Å². The van der Waals surface area contributed by atoms with E-state index in [1.54, 1.807) is 0 Å². The fourth-order valence-corrected chi connectivity index (χ4v) is 2.09. The van der Waals surface area contributed by atoms with Crippen LogP contribution in [0.15, 0.2) is 0 Å². The van der Waals surface area contributed by atoms with Crippen LogP contribution in [0.3, 0.4) is 0 Å². The molecule has 17 heavy (non-hydrogen) atoms. The Hall–Kier alpha value is -1.32. The molecule has 0 atom stereocenters. The fourth-order valence-electron chi connectivity index (χ4n) is 2.09. The number of rotatable bonds is 5. The molecule has 1 aliphatic carbocycles. The molecule has 1 saturated carbocycles. The van der Waals surface area contributed by atoms with Gasteiger partial charge in [-0.15, -0.1) is 0 Å². The highest BCUT2D eigenvalue weighted by molar-refractivity contribution is 5.47. The molecule has 2 rings (SSSR count). The molecule has 1 aromatic rings. The summed E-state index contributed by atoms with van der Waals surface area (Å²) >= 11 is 0. The van der Waals surface area contributed by atoms with Crippen LogP contribution in [0.25, 0.3) is 0 Å². The number of hydrogen-bond donors (Lipinski definition) is 1. The molecule has 0 aliphatic heterocycles. The number of nitrogens with one attached hydrogen (secondary N) is 1. The number of ether oxygens (including phenoxy) is 1. The second-order valence-corrected chi connectivity index (χ2v) is 4.73. The van der Waals surface area contributed by atoms with Crippen molar-refractivity contribution < 1.29 is 4.74 Å². The van der Waals surface area contributed by atoms with Crippen molar-refractivity contribution in [2.24, 2.45) is 5.92 Å². The van der Waals surface area contributed by atoms with Crippen LogP contribution in [-0.4, -0.2) is 23.6 Å². The molecule has 1 N–H and O–H groups in total. The minimum Gasteiger partial charge on any atom is -0.477 e. The van der Waals surface area contributed by atoms with Gasteiger partial charge < -0.3 is 10.1 Å². The highest BCUT2D eigenvalue weighted by Gasteiger charge is 2.17. The van der Waals surface area contributed by atoms with Gasteiger partial charge in [0, 0.05) is 7.05 Å². The van der Waals surface area contributed by atoms with Crippen LogP contribution < -0.4 is 10.1 Å². The monoisotopic (exact) mass is 235 g/mol. The van der Waals surface area contributed by atoms with Crippen molar-refractivity contribution in [1.29, 1.82) is 0 Å². The van der Waals surface area contributed by atoms with Crippen molar-refractivity contribution in [3.8, 4) is 5.88 Å². The zero-order valence-corrected chi connectivity index (χ0v) is 10.9. The van der Waals surface area contributed by atoms with Gasteiger partial charge in [0.25, 0.3) is 0 Å². The summed E-state index contributed by atoms with van der Waals surface area (Å²) in [6.07, 6.45) is 5.28. The lowest BCUT2D eigenvalue weighted by atomic mass is 9.83. The van der Waals surface area contributed by atoms with E-state index in [0.29, 0.717) is 0 Å². The van der Waals surface area contributed by atoms with Gasteiger partial charge in [0.05, 0.1) is 12.2 Å². The molecule has 4 heteroatoms. The van der Waals surface area contributed by atoms with Gasteiger partial charge in [-0.25, -0.2) is 4.98 Å². The number of hydrogen-bond acceptors (Lipinski definition) is 4. The third-order valence-electron chi connectivity index (χ3n) is 3.44. The van der Waals surface area contributed by atoms with Crippen molar-refractivity contribution in [2.45, 2.75) is 39.5 Å². The van der Waals surface area contributed by atoms with Crippen molar-refractivity contribution in [1.82, 2.24) is 9.97 Å². The minimum atomic E-state index is 0.723. The maximum atomic E-state index is 5.78. The van der Waals surface area contributed by atoms with Gasteiger partial charge in [0.1, 0.15) is 11.6 Å². The van der Waals surface area contributed by atoms with Gasteiger partial charge >= 0.3 is 0 Å². The van der Waals surface area contributed by atoms with Crippen molar-refractivity contribution >= 4 is 5.82 Å². The Labute approximate surface area is 103 Å². The van der Waals surface area contributed by atoms with Crippen LogP contribution in [0.2, 0.25) is 0 Å². The summed E-state index contributed by atoms with van der Waals surface area (Å²) in [7, 11) is 1.87. The lowest BCUT2D eigenvalue weighted by Gasteiger charge is -2.25. The van der Waals surface area contributed by atoms with E-state index < -0.39 is 0 Å². The summed E-state index contributed by atoms with van der Waals surface area (Å²) in [6.45, 7) is 4.65. The largest absolute Gasteiger partial charge is 0.477 e. The molecule has 0 spiro atoms. The summed E-state index contributed by atoms with van der Waals surface area (Å²) in [5.74, 6) is 3.21. The van der Waals surface area contributed by atoms with Gasteiger partial charge in [-0.3, -0.25) is 0 Å². The first kappa shape index (κ1) is 12.1. The average molecular weight is 235 g/mol. The maximum absolute atomic E-state index is 5.78. The second kappa shape index (κ2) is 5.34. The highest BCUT2D eigenvalue weighted by atomic mass is 16.5. The first-order valence-electron chi connectivity index (χ1n) is 6.36. The first-order chi connectivity index (χ1) is 8.20. The fraction of sp³-hybridized carbons (Fsp3) is 0.692. The number of aryl methyl sites for hydroxylation is 1. The van der Waals surface area contributed by atoms with Crippen LogP contribution in [0.5, 0.6) is 5.88 Å². The molecule has 0 saturated heterocycles. The van der Waals surface area contributed by atoms with Crippen LogP contribution in [-0.2, 0) is 0 Å². The van der Waals surface area contributed by atoms with E-state index in [1.165, 1.54) is 19.3 Å². The van der Waals surface area contributed by atoms with E-state index in [-0.39, 0.29) is 0 Å². The lowest BCUT2D eigenvalue weighted by molar-refractivity contribution is 0.216. The minimum absolute atomic E-state index is 0.723. The second-order valence-electron chi connectivity index (χ2n) is 4.73.